The molecule has 1 aromatic carbocycles. The van der Waals surface area contributed by atoms with Gasteiger partial charge in [0.1, 0.15) is 0 Å². The molecule has 0 fully saturated rings. The van der Waals surface area contributed by atoms with Crippen LogP contribution in [0.2, 0.25) is 0 Å². The van der Waals surface area contributed by atoms with Gasteiger partial charge in [-0.25, -0.2) is 0 Å². The van der Waals surface area contributed by atoms with Gasteiger partial charge < -0.3 is 5.32 Å². The summed E-state index contributed by atoms with van der Waals surface area (Å²) in [6.07, 6.45) is 5.08. The lowest BCUT2D eigenvalue weighted by Gasteiger charge is -2.26. The van der Waals surface area contributed by atoms with Crippen molar-refractivity contribution >= 4 is 0 Å². The highest BCUT2D eigenvalue weighted by molar-refractivity contribution is 5.21. The molecular formula is C15H25N. The van der Waals surface area contributed by atoms with Crippen molar-refractivity contribution in [2.24, 2.45) is 0 Å². The molecule has 0 aromatic heterocycles. The maximum absolute atomic E-state index is 3.49. The Bertz CT molecular complexity index is 268. The molecule has 0 aliphatic heterocycles. The van der Waals surface area contributed by atoms with E-state index in [9.17, 15) is 0 Å². The Kier molecular flexibility index (Phi) is 6.17. The van der Waals surface area contributed by atoms with Gasteiger partial charge in [0.05, 0.1) is 0 Å². The minimum absolute atomic E-state index is 0.618. The van der Waals surface area contributed by atoms with E-state index in [0.29, 0.717) is 12.0 Å². The fraction of sp³-hybridized carbons (Fsp3) is 0.600. The molecule has 1 nitrogen and oxygen atoms in total. The van der Waals surface area contributed by atoms with Gasteiger partial charge in [-0.05, 0) is 31.4 Å². The molecule has 0 amide bonds. The van der Waals surface area contributed by atoms with Crippen LogP contribution in [0.4, 0.5) is 0 Å². The van der Waals surface area contributed by atoms with Gasteiger partial charge in [0.15, 0.2) is 0 Å². The van der Waals surface area contributed by atoms with E-state index in [0.717, 1.165) is 0 Å². The molecular weight excluding hydrogens is 194 g/mol. The highest BCUT2D eigenvalue weighted by Gasteiger charge is 2.19. The van der Waals surface area contributed by atoms with E-state index in [1.165, 1.54) is 31.2 Å². The van der Waals surface area contributed by atoms with Crippen LogP contribution in [0.1, 0.15) is 51.0 Å². The third-order valence-electron chi connectivity index (χ3n) is 3.39. The summed E-state index contributed by atoms with van der Waals surface area (Å²) in [6, 6.07) is 11.5. The average Bonchev–Trinajstić information content (AvgIpc) is 2.35. The fourth-order valence-corrected chi connectivity index (χ4v) is 2.42. The molecule has 2 atom stereocenters. The lowest BCUT2D eigenvalue weighted by Crippen LogP contribution is -2.31. The first-order valence-electron chi connectivity index (χ1n) is 6.55. The van der Waals surface area contributed by atoms with Crippen LogP contribution in [0.5, 0.6) is 0 Å². The second-order valence-corrected chi connectivity index (χ2v) is 4.46. The topological polar surface area (TPSA) is 12.0 Å². The normalized spacial score (nSPS) is 14.7. The van der Waals surface area contributed by atoms with Gasteiger partial charge >= 0.3 is 0 Å². The van der Waals surface area contributed by atoms with Crippen molar-refractivity contribution < 1.29 is 0 Å². The van der Waals surface area contributed by atoms with Gasteiger partial charge in [-0.2, -0.15) is 0 Å². The summed E-state index contributed by atoms with van der Waals surface area (Å²) in [6.45, 7) is 4.55. The van der Waals surface area contributed by atoms with Crippen molar-refractivity contribution in [2.75, 3.05) is 7.05 Å². The van der Waals surface area contributed by atoms with Gasteiger partial charge in [0, 0.05) is 6.04 Å². The Morgan fingerprint density at radius 2 is 1.81 bits per heavy atom. The van der Waals surface area contributed by atoms with Crippen LogP contribution >= 0.6 is 0 Å². The molecule has 1 rings (SSSR count). The van der Waals surface area contributed by atoms with Crippen LogP contribution in [0, 0.1) is 0 Å². The summed E-state index contributed by atoms with van der Waals surface area (Å²) >= 11 is 0. The van der Waals surface area contributed by atoms with Crippen LogP contribution in [0.15, 0.2) is 30.3 Å². The third-order valence-corrected chi connectivity index (χ3v) is 3.39. The van der Waals surface area contributed by atoms with Gasteiger partial charge in [0.2, 0.25) is 0 Å². The minimum atomic E-state index is 0.618. The van der Waals surface area contributed by atoms with Crippen molar-refractivity contribution in [3.8, 4) is 0 Å². The van der Waals surface area contributed by atoms with E-state index in [4.69, 9.17) is 0 Å². The molecule has 1 N–H and O–H groups in total. The summed E-state index contributed by atoms with van der Waals surface area (Å²) in [5.74, 6) is 0.651. The van der Waals surface area contributed by atoms with E-state index in [-0.39, 0.29) is 0 Å². The van der Waals surface area contributed by atoms with E-state index in [1.807, 2.05) is 0 Å². The van der Waals surface area contributed by atoms with Crippen LogP contribution < -0.4 is 5.32 Å². The van der Waals surface area contributed by atoms with Crippen molar-refractivity contribution in [1.29, 1.82) is 0 Å². The van der Waals surface area contributed by atoms with Crippen molar-refractivity contribution in [3.63, 3.8) is 0 Å². The average molecular weight is 219 g/mol. The molecule has 0 saturated carbocycles. The molecule has 16 heavy (non-hydrogen) atoms. The molecule has 0 bridgehead atoms. The van der Waals surface area contributed by atoms with Crippen LogP contribution in [0.25, 0.3) is 0 Å². The highest BCUT2D eigenvalue weighted by Crippen LogP contribution is 2.25. The van der Waals surface area contributed by atoms with Crippen LogP contribution in [-0.2, 0) is 0 Å². The molecule has 1 heteroatoms. The Hall–Kier alpha value is -0.820. The molecule has 0 aliphatic rings. The zero-order valence-electron chi connectivity index (χ0n) is 10.9. The van der Waals surface area contributed by atoms with Gasteiger partial charge in [-0.1, -0.05) is 57.0 Å². The first-order chi connectivity index (χ1) is 7.83. The maximum atomic E-state index is 3.49. The number of nitrogens with one attached hydrogen (secondary N) is 1. The number of likely N-dealkylation sites (N-methyl/N-ethyl adjacent to an activating group) is 1. The summed E-state index contributed by atoms with van der Waals surface area (Å²) in [7, 11) is 2.09. The monoisotopic (exact) mass is 219 g/mol. The van der Waals surface area contributed by atoms with Crippen molar-refractivity contribution in [3.05, 3.63) is 35.9 Å². The van der Waals surface area contributed by atoms with Crippen LogP contribution in [-0.4, -0.2) is 13.1 Å². The van der Waals surface area contributed by atoms with E-state index in [1.54, 1.807) is 0 Å². The number of unbranched alkanes of at least 4 members (excludes halogenated alkanes) is 1. The second kappa shape index (κ2) is 7.45. The lowest BCUT2D eigenvalue weighted by molar-refractivity contribution is 0.414. The van der Waals surface area contributed by atoms with Crippen LogP contribution in [0.3, 0.4) is 0 Å². The van der Waals surface area contributed by atoms with Gasteiger partial charge in [-0.3, -0.25) is 0 Å². The predicted molar refractivity (Wildman–Crippen MR) is 71.8 cm³/mol. The van der Waals surface area contributed by atoms with Gasteiger partial charge in [0.25, 0.3) is 0 Å². The zero-order chi connectivity index (χ0) is 11.8. The van der Waals surface area contributed by atoms with E-state index < -0.39 is 0 Å². The molecule has 0 heterocycles. The number of benzene rings is 1. The van der Waals surface area contributed by atoms with E-state index >= 15 is 0 Å². The fourth-order valence-electron chi connectivity index (χ4n) is 2.42. The molecule has 0 spiro atoms. The number of hydrogen-bond donors (Lipinski definition) is 1. The Morgan fingerprint density at radius 1 is 1.12 bits per heavy atom. The summed E-state index contributed by atoms with van der Waals surface area (Å²) in [5, 5.41) is 3.49. The van der Waals surface area contributed by atoms with Crippen molar-refractivity contribution in [2.45, 2.75) is 51.5 Å². The first kappa shape index (κ1) is 13.2. The maximum Gasteiger partial charge on any atom is 0.0133 e. The number of hydrogen-bond acceptors (Lipinski definition) is 1. The van der Waals surface area contributed by atoms with Gasteiger partial charge in [-0.15, -0.1) is 0 Å². The molecule has 0 aliphatic carbocycles. The summed E-state index contributed by atoms with van der Waals surface area (Å²) < 4.78 is 0. The summed E-state index contributed by atoms with van der Waals surface area (Å²) in [4.78, 5) is 0. The molecule has 2 unspecified atom stereocenters. The molecule has 0 radical (unpaired) electrons. The highest BCUT2D eigenvalue weighted by atomic mass is 14.9. The smallest absolute Gasteiger partial charge is 0.0133 e. The van der Waals surface area contributed by atoms with E-state index in [2.05, 4.69) is 56.5 Å². The quantitative estimate of drug-likeness (QED) is 0.732. The third kappa shape index (κ3) is 3.64. The Balaban J connectivity index is 2.71. The van der Waals surface area contributed by atoms with Crippen molar-refractivity contribution in [1.82, 2.24) is 5.32 Å². The summed E-state index contributed by atoms with van der Waals surface area (Å²) in [5.41, 5.74) is 1.47. The Labute approximate surface area is 100 Å². The Morgan fingerprint density at radius 3 is 2.31 bits per heavy atom. The largest absolute Gasteiger partial charge is 0.316 e. The molecule has 90 valence electrons. The zero-order valence-corrected chi connectivity index (χ0v) is 10.9. The first-order valence-corrected chi connectivity index (χ1v) is 6.55. The SMILES string of the molecule is CCCCC(NC)C(CC)c1ccccc1. The second-order valence-electron chi connectivity index (χ2n) is 4.46. The predicted octanol–water partition coefficient (Wildman–Crippen LogP) is 3.96. The standard InChI is InChI=1S/C15H25N/c1-4-6-12-15(16-3)14(5-2)13-10-8-7-9-11-13/h7-11,14-16H,4-6,12H2,1-3H3. The minimum Gasteiger partial charge on any atom is -0.316 e. The lowest BCUT2D eigenvalue weighted by atomic mass is 9.86. The number of rotatable bonds is 7. The molecule has 1 aromatic rings. The molecule has 0 saturated heterocycles.